The number of hydrogen-bond donors (Lipinski definition) is 0. The van der Waals surface area contributed by atoms with Crippen LogP contribution in [-0.4, -0.2) is 50.3 Å². The quantitative estimate of drug-likeness (QED) is 0.117. The van der Waals surface area contributed by atoms with Crippen LogP contribution in [-0.2, 0) is 16.0 Å². The van der Waals surface area contributed by atoms with E-state index in [-0.39, 0.29) is 5.97 Å². The Morgan fingerprint density at radius 2 is 1.55 bits per heavy atom. The first-order valence-electron chi connectivity index (χ1n) is 14.5. The summed E-state index contributed by atoms with van der Waals surface area (Å²) in [5.74, 6) is 1.65. The molecule has 5 nitrogen and oxygen atoms in total. The standard InChI is InChI=1S/C34H39NO4S/c1-2-37-33(36)11-5-8-23-38-29-18-14-27(15-19-29)34-31(30-9-3-4-10-32(30)40-34)25-26-12-16-28(17-13-26)39-24-22-35-20-6-7-21-35/h3-4,9-10,12-19H,2,5-8,11,20-25H2,1H3. The van der Waals surface area contributed by atoms with Gasteiger partial charge in [-0.15, -0.1) is 11.3 Å². The average Bonchev–Trinajstić information content (AvgIpc) is 3.63. The van der Waals surface area contributed by atoms with Gasteiger partial charge in [-0.2, -0.15) is 0 Å². The highest BCUT2D eigenvalue weighted by molar-refractivity contribution is 7.22. The van der Waals surface area contributed by atoms with Crippen molar-refractivity contribution in [3.05, 3.63) is 83.9 Å². The Labute approximate surface area is 241 Å². The first-order chi connectivity index (χ1) is 19.7. The van der Waals surface area contributed by atoms with E-state index in [2.05, 4.69) is 65.6 Å². The second kappa shape index (κ2) is 14.3. The van der Waals surface area contributed by atoms with E-state index in [1.54, 1.807) is 0 Å². The Morgan fingerprint density at radius 1 is 0.850 bits per heavy atom. The molecule has 3 aromatic carbocycles. The molecule has 1 fully saturated rings. The molecule has 5 rings (SSSR count). The topological polar surface area (TPSA) is 48.0 Å². The van der Waals surface area contributed by atoms with Crippen LogP contribution < -0.4 is 9.47 Å². The molecule has 0 spiro atoms. The molecule has 0 saturated carbocycles. The summed E-state index contributed by atoms with van der Waals surface area (Å²) in [6.07, 6.45) is 5.53. The molecule has 0 atom stereocenters. The number of carbonyl (C=O) groups excluding carboxylic acids is 1. The maximum Gasteiger partial charge on any atom is 0.305 e. The van der Waals surface area contributed by atoms with Crippen LogP contribution in [0.2, 0.25) is 0 Å². The molecule has 210 valence electrons. The SMILES string of the molecule is CCOC(=O)CCCCOc1ccc(-c2sc3ccccc3c2Cc2ccc(OCCN3CCCC3)cc2)cc1. The number of hydrogen-bond acceptors (Lipinski definition) is 6. The van der Waals surface area contributed by atoms with E-state index in [1.165, 1.54) is 57.6 Å². The van der Waals surface area contributed by atoms with Crippen molar-refractivity contribution in [2.75, 3.05) is 39.5 Å². The molecule has 0 aliphatic carbocycles. The van der Waals surface area contributed by atoms with Crippen LogP contribution >= 0.6 is 11.3 Å². The molecule has 1 aliphatic heterocycles. The largest absolute Gasteiger partial charge is 0.494 e. The summed E-state index contributed by atoms with van der Waals surface area (Å²) < 4.78 is 18.2. The van der Waals surface area contributed by atoms with Crippen LogP contribution in [0, 0.1) is 0 Å². The van der Waals surface area contributed by atoms with Crippen LogP contribution in [0.15, 0.2) is 72.8 Å². The second-order valence-corrected chi connectivity index (χ2v) is 11.3. The number of benzene rings is 3. The van der Waals surface area contributed by atoms with Gasteiger partial charge in [0.1, 0.15) is 18.1 Å². The minimum Gasteiger partial charge on any atom is -0.494 e. The fourth-order valence-electron chi connectivity index (χ4n) is 5.21. The Morgan fingerprint density at radius 3 is 2.30 bits per heavy atom. The van der Waals surface area contributed by atoms with Gasteiger partial charge in [0, 0.05) is 22.5 Å². The highest BCUT2D eigenvalue weighted by Gasteiger charge is 2.15. The molecule has 1 aromatic heterocycles. The maximum atomic E-state index is 11.5. The number of fused-ring (bicyclic) bond motifs is 1. The highest BCUT2D eigenvalue weighted by atomic mass is 32.1. The van der Waals surface area contributed by atoms with Crippen molar-refractivity contribution in [2.24, 2.45) is 0 Å². The number of ether oxygens (including phenoxy) is 3. The molecule has 0 N–H and O–H groups in total. The molecule has 6 heteroatoms. The van der Waals surface area contributed by atoms with Gasteiger partial charge in [-0.05, 0) is 117 Å². The van der Waals surface area contributed by atoms with E-state index in [0.29, 0.717) is 19.6 Å². The Bertz CT molecular complexity index is 1360. The molecular formula is C34H39NO4S. The number of rotatable bonds is 14. The maximum absolute atomic E-state index is 11.5. The molecule has 1 saturated heterocycles. The second-order valence-electron chi connectivity index (χ2n) is 10.3. The lowest BCUT2D eigenvalue weighted by Crippen LogP contribution is -2.25. The number of esters is 1. The van der Waals surface area contributed by atoms with Crippen molar-refractivity contribution in [3.63, 3.8) is 0 Å². The first-order valence-corrected chi connectivity index (χ1v) is 15.3. The van der Waals surface area contributed by atoms with Gasteiger partial charge in [0.05, 0.1) is 13.2 Å². The van der Waals surface area contributed by atoms with E-state index in [0.717, 1.165) is 43.9 Å². The molecular weight excluding hydrogens is 518 g/mol. The van der Waals surface area contributed by atoms with Crippen LogP contribution in [0.3, 0.4) is 0 Å². The molecule has 40 heavy (non-hydrogen) atoms. The van der Waals surface area contributed by atoms with Gasteiger partial charge in [0.2, 0.25) is 0 Å². The number of likely N-dealkylation sites (tertiary alicyclic amines) is 1. The van der Waals surface area contributed by atoms with Crippen molar-refractivity contribution >= 4 is 27.4 Å². The summed E-state index contributed by atoms with van der Waals surface area (Å²) in [4.78, 5) is 15.3. The van der Waals surface area contributed by atoms with Crippen molar-refractivity contribution in [3.8, 4) is 21.9 Å². The minimum atomic E-state index is -0.136. The zero-order valence-corrected chi connectivity index (χ0v) is 24.2. The smallest absolute Gasteiger partial charge is 0.305 e. The van der Waals surface area contributed by atoms with E-state index in [9.17, 15) is 4.79 Å². The number of carbonyl (C=O) groups is 1. The lowest BCUT2D eigenvalue weighted by molar-refractivity contribution is -0.143. The summed E-state index contributed by atoms with van der Waals surface area (Å²) in [5.41, 5.74) is 3.84. The molecule has 0 unspecified atom stereocenters. The first kappa shape index (κ1) is 28.2. The Balaban J connectivity index is 1.21. The van der Waals surface area contributed by atoms with Crippen molar-refractivity contribution in [1.29, 1.82) is 0 Å². The molecule has 2 heterocycles. The zero-order chi connectivity index (χ0) is 27.6. The van der Waals surface area contributed by atoms with Gasteiger partial charge in [0.25, 0.3) is 0 Å². The molecule has 4 aromatic rings. The number of unbranched alkanes of at least 4 members (excludes halogenated alkanes) is 1. The molecule has 0 radical (unpaired) electrons. The molecule has 0 bridgehead atoms. The number of thiophene rings is 1. The van der Waals surface area contributed by atoms with Crippen LogP contribution in [0.1, 0.15) is 50.2 Å². The summed E-state index contributed by atoms with van der Waals surface area (Å²) >= 11 is 1.85. The average molecular weight is 558 g/mol. The van der Waals surface area contributed by atoms with Crippen molar-refractivity contribution in [2.45, 2.75) is 45.4 Å². The highest BCUT2D eigenvalue weighted by Crippen LogP contribution is 2.40. The van der Waals surface area contributed by atoms with E-state index in [1.807, 2.05) is 30.4 Å². The van der Waals surface area contributed by atoms with Crippen LogP contribution in [0.4, 0.5) is 0 Å². The summed E-state index contributed by atoms with van der Waals surface area (Å²) in [6, 6.07) is 25.7. The summed E-state index contributed by atoms with van der Waals surface area (Å²) in [6.45, 7) is 7.00. The predicted molar refractivity (Wildman–Crippen MR) is 164 cm³/mol. The third-order valence-electron chi connectivity index (χ3n) is 7.34. The molecule has 1 aliphatic rings. The Hall–Kier alpha value is -3.35. The minimum absolute atomic E-state index is 0.136. The Kier molecular flexibility index (Phi) is 10.1. The van der Waals surface area contributed by atoms with E-state index >= 15 is 0 Å². The van der Waals surface area contributed by atoms with Crippen molar-refractivity contribution < 1.29 is 19.0 Å². The summed E-state index contributed by atoms with van der Waals surface area (Å²) in [7, 11) is 0. The van der Waals surface area contributed by atoms with E-state index in [4.69, 9.17) is 14.2 Å². The number of nitrogens with zero attached hydrogens (tertiary/aromatic N) is 1. The lowest BCUT2D eigenvalue weighted by atomic mass is 9.99. The molecule has 0 amide bonds. The summed E-state index contributed by atoms with van der Waals surface area (Å²) in [5, 5.41) is 1.32. The van der Waals surface area contributed by atoms with Crippen LogP contribution in [0.5, 0.6) is 11.5 Å². The fourth-order valence-corrected chi connectivity index (χ4v) is 6.44. The third-order valence-corrected chi connectivity index (χ3v) is 8.61. The van der Waals surface area contributed by atoms with Gasteiger partial charge >= 0.3 is 5.97 Å². The van der Waals surface area contributed by atoms with Gasteiger partial charge in [-0.3, -0.25) is 9.69 Å². The van der Waals surface area contributed by atoms with Gasteiger partial charge < -0.3 is 14.2 Å². The van der Waals surface area contributed by atoms with Gasteiger partial charge in [-0.25, -0.2) is 0 Å². The normalized spacial score (nSPS) is 13.5. The lowest BCUT2D eigenvalue weighted by Gasteiger charge is -2.15. The fraction of sp³-hybridized carbons (Fsp3) is 0.382. The van der Waals surface area contributed by atoms with Crippen molar-refractivity contribution in [1.82, 2.24) is 4.90 Å². The zero-order valence-electron chi connectivity index (χ0n) is 23.4. The van der Waals surface area contributed by atoms with E-state index < -0.39 is 0 Å². The van der Waals surface area contributed by atoms with Crippen LogP contribution in [0.25, 0.3) is 20.5 Å². The van der Waals surface area contributed by atoms with Gasteiger partial charge in [-0.1, -0.05) is 30.3 Å². The van der Waals surface area contributed by atoms with Gasteiger partial charge in [0.15, 0.2) is 0 Å². The predicted octanol–water partition coefficient (Wildman–Crippen LogP) is 7.75. The third kappa shape index (κ3) is 7.64. The monoisotopic (exact) mass is 557 g/mol.